The van der Waals surface area contributed by atoms with E-state index in [2.05, 4.69) is 19.1 Å². The van der Waals surface area contributed by atoms with Gasteiger partial charge in [-0.1, -0.05) is 38.1 Å². The van der Waals surface area contributed by atoms with Crippen LogP contribution < -0.4 is 0 Å². The fraction of sp³-hybridized carbons (Fsp3) is 0.417. The van der Waals surface area contributed by atoms with Gasteiger partial charge in [0.15, 0.2) is 0 Å². The summed E-state index contributed by atoms with van der Waals surface area (Å²) in [6, 6.07) is 8.13. The molecule has 1 rings (SSSR count). The highest BCUT2D eigenvalue weighted by atomic mass is 16.5. The molecule has 76 valence electrons. The summed E-state index contributed by atoms with van der Waals surface area (Å²) in [5.74, 6) is -0.149. The molecule has 0 saturated carbocycles. The minimum absolute atomic E-state index is 0.149. The smallest absolute Gasteiger partial charge is 0.305 e. The number of aryl methyl sites for hydroxylation is 1. The number of carbonyl (C=O) groups excluding carboxylic acids is 1. The lowest BCUT2D eigenvalue weighted by molar-refractivity contribution is -0.144. The summed E-state index contributed by atoms with van der Waals surface area (Å²) in [6.07, 6.45) is 1.47. The predicted octanol–water partition coefficient (Wildman–Crippen LogP) is 2.70. The van der Waals surface area contributed by atoms with Crippen molar-refractivity contribution in [3.05, 3.63) is 35.4 Å². The normalized spacial score (nSPS) is 9.86. The zero-order valence-corrected chi connectivity index (χ0v) is 8.75. The standard InChI is InChI=1S/C12H16O2/c1-3-10-5-7-11(8-6-10)9-14-12(13)4-2/h5-8H,3-4,9H2,1-2H3. The van der Waals surface area contributed by atoms with Crippen LogP contribution in [0, 0.1) is 0 Å². The minimum atomic E-state index is -0.149. The van der Waals surface area contributed by atoms with Gasteiger partial charge in [-0.3, -0.25) is 4.79 Å². The SMILES string of the molecule is CCC(=O)OCc1ccc(CC)cc1. The van der Waals surface area contributed by atoms with Crippen LogP contribution in [0.4, 0.5) is 0 Å². The van der Waals surface area contributed by atoms with Crippen LogP contribution in [-0.2, 0) is 22.6 Å². The van der Waals surface area contributed by atoms with Gasteiger partial charge in [0.1, 0.15) is 6.61 Å². The largest absolute Gasteiger partial charge is 0.461 e. The van der Waals surface area contributed by atoms with E-state index in [0.29, 0.717) is 13.0 Å². The molecule has 0 bridgehead atoms. The maximum absolute atomic E-state index is 10.9. The summed E-state index contributed by atoms with van der Waals surface area (Å²) in [6.45, 7) is 4.30. The Bertz CT molecular complexity index is 288. The van der Waals surface area contributed by atoms with E-state index in [-0.39, 0.29) is 5.97 Å². The van der Waals surface area contributed by atoms with E-state index in [9.17, 15) is 4.79 Å². The Hall–Kier alpha value is -1.31. The summed E-state index contributed by atoms with van der Waals surface area (Å²) in [5, 5.41) is 0. The zero-order chi connectivity index (χ0) is 10.4. The van der Waals surface area contributed by atoms with E-state index in [1.54, 1.807) is 6.92 Å². The number of rotatable bonds is 4. The highest BCUT2D eigenvalue weighted by molar-refractivity contribution is 5.68. The van der Waals surface area contributed by atoms with Crippen molar-refractivity contribution in [1.82, 2.24) is 0 Å². The maximum Gasteiger partial charge on any atom is 0.305 e. The molecule has 0 saturated heterocycles. The first kappa shape index (κ1) is 10.8. The van der Waals surface area contributed by atoms with Crippen molar-refractivity contribution >= 4 is 5.97 Å². The van der Waals surface area contributed by atoms with Gasteiger partial charge in [-0.15, -0.1) is 0 Å². The molecule has 1 aromatic carbocycles. The Morgan fingerprint density at radius 1 is 1.14 bits per heavy atom. The van der Waals surface area contributed by atoms with E-state index < -0.39 is 0 Å². The second kappa shape index (κ2) is 5.43. The molecule has 0 radical (unpaired) electrons. The van der Waals surface area contributed by atoms with Crippen molar-refractivity contribution < 1.29 is 9.53 Å². The molecule has 2 nitrogen and oxygen atoms in total. The van der Waals surface area contributed by atoms with Crippen LogP contribution in [0.25, 0.3) is 0 Å². The molecule has 0 atom stereocenters. The summed E-state index contributed by atoms with van der Waals surface area (Å²) in [5.41, 5.74) is 2.35. The van der Waals surface area contributed by atoms with Gasteiger partial charge < -0.3 is 4.74 Å². The fourth-order valence-electron chi connectivity index (χ4n) is 1.14. The average Bonchev–Trinajstić information content (AvgIpc) is 2.26. The van der Waals surface area contributed by atoms with Gasteiger partial charge in [0, 0.05) is 6.42 Å². The van der Waals surface area contributed by atoms with E-state index in [4.69, 9.17) is 4.74 Å². The van der Waals surface area contributed by atoms with Gasteiger partial charge in [0.05, 0.1) is 0 Å². The monoisotopic (exact) mass is 192 g/mol. The number of ether oxygens (including phenoxy) is 1. The number of hydrogen-bond acceptors (Lipinski definition) is 2. The number of hydrogen-bond donors (Lipinski definition) is 0. The van der Waals surface area contributed by atoms with Gasteiger partial charge in [-0.2, -0.15) is 0 Å². The van der Waals surface area contributed by atoms with Crippen LogP contribution in [0.15, 0.2) is 24.3 Å². The zero-order valence-electron chi connectivity index (χ0n) is 8.75. The van der Waals surface area contributed by atoms with Crippen molar-refractivity contribution in [2.24, 2.45) is 0 Å². The van der Waals surface area contributed by atoms with Gasteiger partial charge >= 0.3 is 5.97 Å². The number of benzene rings is 1. The summed E-state index contributed by atoms with van der Waals surface area (Å²) >= 11 is 0. The third kappa shape index (κ3) is 3.21. The maximum atomic E-state index is 10.9. The predicted molar refractivity (Wildman–Crippen MR) is 55.9 cm³/mol. The molecule has 0 aromatic heterocycles. The molecule has 0 aliphatic rings. The molecular formula is C12H16O2. The van der Waals surface area contributed by atoms with Crippen molar-refractivity contribution in [3.63, 3.8) is 0 Å². The van der Waals surface area contributed by atoms with E-state index in [1.165, 1.54) is 5.56 Å². The molecular weight excluding hydrogens is 176 g/mol. The van der Waals surface area contributed by atoms with Crippen LogP contribution >= 0.6 is 0 Å². The van der Waals surface area contributed by atoms with Crippen molar-refractivity contribution in [2.75, 3.05) is 0 Å². The van der Waals surface area contributed by atoms with Crippen LogP contribution in [0.5, 0.6) is 0 Å². The molecule has 0 unspecified atom stereocenters. The van der Waals surface area contributed by atoms with Crippen LogP contribution in [0.3, 0.4) is 0 Å². The first-order chi connectivity index (χ1) is 6.76. The summed E-state index contributed by atoms with van der Waals surface area (Å²) < 4.78 is 5.01. The topological polar surface area (TPSA) is 26.3 Å². The lowest BCUT2D eigenvalue weighted by atomic mass is 10.1. The fourth-order valence-corrected chi connectivity index (χ4v) is 1.14. The third-order valence-electron chi connectivity index (χ3n) is 2.12. The van der Waals surface area contributed by atoms with Gasteiger partial charge in [0.25, 0.3) is 0 Å². The van der Waals surface area contributed by atoms with Crippen LogP contribution in [-0.4, -0.2) is 5.97 Å². The van der Waals surface area contributed by atoms with E-state index >= 15 is 0 Å². The Kier molecular flexibility index (Phi) is 4.17. The Balaban J connectivity index is 2.47. The van der Waals surface area contributed by atoms with E-state index in [1.807, 2.05) is 12.1 Å². The van der Waals surface area contributed by atoms with E-state index in [0.717, 1.165) is 12.0 Å². The quantitative estimate of drug-likeness (QED) is 0.685. The second-order valence-electron chi connectivity index (χ2n) is 3.18. The van der Waals surface area contributed by atoms with Crippen LogP contribution in [0.2, 0.25) is 0 Å². The first-order valence-corrected chi connectivity index (χ1v) is 4.99. The van der Waals surface area contributed by atoms with Gasteiger partial charge in [-0.25, -0.2) is 0 Å². The molecule has 0 aliphatic heterocycles. The molecule has 0 fully saturated rings. The summed E-state index contributed by atoms with van der Waals surface area (Å²) in [4.78, 5) is 10.9. The second-order valence-corrected chi connectivity index (χ2v) is 3.18. The minimum Gasteiger partial charge on any atom is -0.461 e. The molecule has 0 amide bonds. The Labute approximate surface area is 84.9 Å². The first-order valence-electron chi connectivity index (χ1n) is 4.99. The molecule has 14 heavy (non-hydrogen) atoms. The van der Waals surface area contributed by atoms with Crippen molar-refractivity contribution in [3.8, 4) is 0 Å². The molecule has 0 spiro atoms. The lowest BCUT2D eigenvalue weighted by Crippen LogP contribution is -2.02. The van der Waals surface area contributed by atoms with Crippen molar-refractivity contribution in [2.45, 2.75) is 33.3 Å². The molecule has 0 heterocycles. The average molecular weight is 192 g/mol. The van der Waals surface area contributed by atoms with Gasteiger partial charge in [0.2, 0.25) is 0 Å². The van der Waals surface area contributed by atoms with Crippen LogP contribution in [0.1, 0.15) is 31.4 Å². The molecule has 1 aromatic rings. The Morgan fingerprint density at radius 2 is 1.71 bits per heavy atom. The number of esters is 1. The van der Waals surface area contributed by atoms with Gasteiger partial charge in [-0.05, 0) is 17.5 Å². The number of carbonyl (C=O) groups is 1. The Morgan fingerprint density at radius 3 is 2.21 bits per heavy atom. The van der Waals surface area contributed by atoms with Crippen molar-refractivity contribution in [1.29, 1.82) is 0 Å². The lowest BCUT2D eigenvalue weighted by Gasteiger charge is -2.03. The highest BCUT2D eigenvalue weighted by Crippen LogP contribution is 2.06. The third-order valence-corrected chi connectivity index (χ3v) is 2.12. The molecule has 0 N–H and O–H groups in total. The highest BCUT2D eigenvalue weighted by Gasteiger charge is 1.99. The summed E-state index contributed by atoms with van der Waals surface area (Å²) in [7, 11) is 0. The molecule has 0 aliphatic carbocycles. The molecule has 2 heteroatoms.